The molecule has 0 N–H and O–H groups in total. The fraction of sp³-hybridized carbons (Fsp3) is 0.667. The van der Waals surface area contributed by atoms with Gasteiger partial charge in [-0.1, -0.05) is 22.6 Å². The molecule has 0 saturated heterocycles. The van der Waals surface area contributed by atoms with Crippen molar-refractivity contribution >= 4 is 39.4 Å². The molecule has 36 valence electrons. The van der Waals surface area contributed by atoms with E-state index in [1.807, 2.05) is 22.6 Å². The molecular formula is C3H4ClIO. The van der Waals surface area contributed by atoms with Gasteiger partial charge in [-0.2, -0.15) is 0 Å². The molecule has 1 atom stereocenters. The second-order valence-corrected chi connectivity index (χ2v) is 3.16. The Morgan fingerprint density at radius 1 is 2.00 bits per heavy atom. The molecule has 1 unspecified atom stereocenters. The number of carbonyl (C=O) groups excluding carboxylic acids is 1. The lowest BCUT2D eigenvalue weighted by molar-refractivity contribution is -0.110. The van der Waals surface area contributed by atoms with Crippen LogP contribution in [0.25, 0.3) is 0 Å². The maximum Gasteiger partial charge on any atom is 0.234 e. The largest absolute Gasteiger partial charge is 0.280 e. The molecule has 0 aliphatic carbocycles. The van der Waals surface area contributed by atoms with Crippen molar-refractivity contribution in [3.8, 4) is 0 Å². The maximum absolute atomic E-state index is 9.90. The first-order valence-electron chi connectivity index (χ1n) is 1.48. The Hall–Kier alpha value is 0.690. The molecule has 0 aromatic rings. The predicted molar refractivity (Wildman–Crippen MR) is 34.3 cm³/mol. The lowest BCUT2D eigenvalue weighted by Gasteiger charge is -1.85. The summed E-state index contributed by atoms with van der Waals surface area (Å²) in [6, 6.07) is 0. The number of rotatable bonds is 1. The molecule has 0 amide bonds. The fourth-order valence-corrected chi connectivity index (χ4v) is 0. The molecule has 0 saturated carbocycles. The van der Waals surface area contributed by atoms with E-state index in [0.29, 0.717) is 0 Å². The summed E-state index contributed by atoms with van der Waals surface area (Å²) in [6.07, 6.45) is 0. The Morgan fingerprint density at radius 2 is 2.17 bits per heavy atom. The number of hydrogen-bond acceptors (Lipinski definition) is 1. The molecule has 6 heavy (non-hydrogen) atoms. The quantitative estimate of drug-likeness (QED) is 0.371. The van der Waals surface area contributed by atoms with Crippen molar-refractivity contribution < 1.29 is 4.79 Å². The van der Waals surface area contributed by atoms with E-state index in [9.17, 15) is 4.79 Å². The van der Waals surface area contributed by atoms with E-state index in [0.717, 1.165) is 0 Å². The first-order valence-corrected chi connectivity index (χ1v) is 3.10. The number of carbonyl (C=O) groups is 1. The SMILES string of the molecule is CC(I)C(=O)Cl. The van der Waals surface area contributed by atoms with Crippen LogP contribution in [0, 0.1) is 0 Å². The van der Waals surface area contributed by atoms with Crippen LogP contribution < -0.4 is 0 Å². The Labute approximate surface area is 55.2 Å². The van der Waals surface area contributed by atoms with Crippen LogP contribution in [0.5, 0.6) is 0 Å². The minimum absolute atomic E-state index is 0.0516. The summed E-state index contributed by atoms with van der Waals surface area (Å²) in [5.74, 6) is 0. The van der Waals surface area contributed by atoms with Gasteiger partial charge < -0.3 is 0 Å². The predicted octanol–water partition coefficient (Wildman–Crippen LogP) is 1.58. The summed E-state index contributed by atoms with van der Waals surface area (Å²) >= 11 is 6.92. The summed E-state index contributed by atoms with van der Waals surface area (Å²) in [5, 5.41) is -0.282. The van der Waals surface area contributed by atoms with Gasteiger partial charge in [0.25, 0.3) is 0 Å². The zero-order valence-electron chi connectivity index (χ0n) is 3.24. The van der Waals surface area contributed by atoms with Crippen molar-refractivity contribution in [1.82, 2.24) is 0 Å². The van der Waals surface area contributed by atoms with E-state index in [4.69, 9.17) is 11.6 Å². The zero-order valence-corrected chi connectivity index (χ0v) is 6.15. The standard InChI is InChI=1S/C3H4ClIO/c1-2(5)3(4)6/h2H,1H3. The highest BCUT2D eigenvalue weighted by Crippen LogP contribution is 2.01. The van der Waals surface area contributed by atoms with E-state index in [1.165, 1.54) is 0 Å². The highest BCUT2D eigenvalue weighted by molar-refractivity contribution is 14.1. The maximum atomic E-state index is 9.90. The third-order valence-corrected chi connectivity index (χ3v) is 1.57. The van der Waals surface area contributed by atoms with Gasteiger partial charge in [-0.3, -0.25) is 4.79 Å². The number of hydrogen-bond donors (Lipinski definition) is 0. The van der Waals surface area contributed by atoms with Crippen LogP contribution in [-0.4, -0.2) is 9.17 Å². The average molecular weight is 218 g/mol. The molecule has 3 heteroatoms. The van der Waals surface area contributed by atoms with Crippen LogP contribution in [0.15, 0.2) is 0 Å². The Bertz CT molecular complexity index is 61.8. The highest BCUT2D eigenvalue weighted by Gasteiger charge is 2.00. The van der Waals surface area contributed by atoms with Gasteiger partial charge in [-0.15, -0.1) is 0 Å². The van der Waals surface area contributed by atoms with E-state index in [1.54, 1.807) is 6.92 Å². The molecule has 0 bridgehead atoms. The monoisotopic (exact) mass is 218 g/mol. The number of halogens is 2. The average Bonchev–Trinajstić information content (AvgIpc) is 1.36. The molecule has 0 aliphatic heterocycles. The van der Waals surface area contributed by atoms with E-state index in [-0.39, 0.29) is 9.17 Å². The second kappa shape index (κ2) is 2.80. The Balaban J connectivity index is 3.26. The summed E-state index contributed by atoms with van der Waals surface area (Å²) in [4.78, 5) is 9.90. The molecule has 1 nitrogen and oxygen atoms in total. The molecule has 0 heterocycles. The number of alkyl halides is 1. The van der Waals surface area contributed by atoms with Crippen molar-refractivity contribution in [3.05, 3.63) is 0 Å². The van der Waals surface area contributed by atoms with Gasteiger partial charge in [0, 0.05) is 0 Å². The van der Waals surface area contributed by atoms with Gasteiger partial charge in [-0.05, 0) is 18.5 Å². The van der Waals surface area contributed by atoms with Crippen LogP contribution in [0.4, 0.5) is 0 Å². The third kappa shape index (κ3) is 2.90. The van der Waals surface area contributed by atoms with Crippen molar-refractivity contribution in [2.75, 3.05) is 0 Å². The van der Waals surface area contributed by atoms with Gasteiger partial charge in [0.05, 0.1) is 3.92 Å². The fourth-order valence-electron chi connectivity index (χ4n) is 0. The van der Waals surface area contributed by atoms with Gasteiger partial charge in [-0.25, -0.2) is 0 Å². The molecular weight excluding hydrogens is 214 g/mol. The minimum Gasteiger partial charge on any atom is -0.280 e. The molecule has 0 rings (SSSR count). The first-order chi connectivity index (χ1) is 2.64. The lowest BCUT2D eigenvalue weighted by atomic mass is 10.6. The lowest BCUT2D eigenvalue weighted by Crippen LogP contribution is -1.98. The van der Waals surface area contributed by atoms with Crippen molar-refractivity contribution in [1.29, 1.82) is 0 Å². The highest BCUT2D eigenvalue weighted by atomic mass is 127. The molecule has 0 radical (unpaired) electrons. The molecule has 0 aliphatic rings. The molecule has 0 spiro atoms. The Morgan fingerprint density at radius 3 is 2.17 bits per heavy atom. The Kier molecular flexibility index (Phi) is 3.12. The van der Waals surface area contributed by atoms with Crippen LogP contribution in [0.2, 0.25) is 0 Å². The van der Waals surface area contributed by atoms with Crippen molar-refractivity contribution in [3.63, 3.8) is 0 Å². The second-order valence-electron chi connectivity index (χ2n) is 0.920. The van der Waals surface area contributed by atoms with Crippen molar-refractivity contribution in [2.45, 2.75) is 10.8 Å². The van der Waals surface area contributed by atoms with Gasteiger partial charge in [0.1, 0.15) is 0 Å². The van der Waals surface area contributed by atoms with E-state index < -0.39 is 0 Å². The zero-order chi connectivity index (χ0) is 5.15. The van der Waals surface area contributed by atoms with Crippen molar-refractivity contribution in [2.24, 2.45) is 0 Å². The van der Waals surface area contributed by atoms with Gasteiger partial charge >= 0.3 is 0 Å². The molecule has 0 aromatic heterocycles. The topological polar surface area (TPSA) is 17.1 Å². The summed E-state index contributed by atoms with van der Waals surface area (Å²) in [6.45, 7) is 1.75. The third-order valence-electron chi connectivity index (χ3n) is 0.313. The first kappa shape index (κ1) is 6.69. The smallest absolute Gasteiger partial charge is 0.234 e. The van der Waals surface area contributed by atoms with Crippen LogP contribution >= 0.6 is 34.2 Å². The summed E-state index contributed by atoms with van der Waals surface area (Å²) < 4.78 is -0.0516. The summed E-state index contributed by atoms with van der Waals surface area (Å²) in [7, 11) is 0. The van der Waals surface area contributed by atoms with Crippen LogP contribution in [-0.2, 0) is 4.79 Å². The molecule has 0 fully saturated rings. The molecule has 0 aromatic carbocycles. The normalized spacial score (nSPS) is 13.8. The van der Waals surface area contributed by atoms with Gasteiger partial charge in [0.15, 0.2) is 0 Å². The van der Waals surface area contributed by atoms with E-state index >= 15 is 0 Å². The van der Waals surface area contributed by atoms with Crippen LogP contribution in [0.1, 0.15) is 6.92 Å². The summed E-state index contributed by atoms with van der Waals surface area (Å²) in [5.41, 5.74) is 0. The van der Waals surface area contributed by atoms with Gasteiger partial charge in [0.2, 0.25) is 5.24 Å². The van der Waals surface area contributed by atoms with E-state index in [2.05, 4.69) is 0 Å². The minimum atomic E-state index is -0.282. The van der Waals surface area contributed by atoms with Crippen LogP contribution in [0.3, 0.4) is 0 Å².